The normalized spacial score (nSPS) is 12.8. The van der Waals surface area contributed by atoms with E-state index in [9.17, 15) is 13.2 Å². The SMILES string of the molecule is Cc1cc(C)n(C[C@H](C)CNC(=O)c2ccc(C)c(S(C)(=O)=O)c2)n1. The van der Waals surface area contributed by atoms with E-state index in [0.29, 0.717) is 24.2 Å². The number of carbonyl (C=O) groups excluding carboxylic acids is 1. The van der Waals surface area contributed by atoms with E-state index in [1.807, 2.05) is 31.5 Å². The quantitative estimate of drug-likeness (QED) is 0.854. The van der Waals surface area contributed by atoms with Gasteiger partial charge in [0.1, 0.15) is 0 Å². The van der Waals surface area contributed by atoms with Crippen molar-refractivity contribution in [2.45, 2.75) is 39.1 Å². The molecule has 1 aromatic heterocycles. The molecular weight excluding hydrogens is 338 g/mol. The Kier molecular flexibility index (Phi) is 5.67. The minimum absolute atomic E-state index is 0.191. The van der Waals surface area contributed by atoms with Gasteiger partial charge in [0.2, 0.25) is 0 Å². The summed E-state index contributed by atoms with van der Waals surface area (Å²) in [6.07, 6.45) is 1.15. The number of hydrogen-bond donors (Lipinski definition) is 1. The van der Waals surface area contributed by atoms with E-state index in [1.165, 1.54) is 6.07 Å². The third-order valence-corrected chi connectivity index (χ3v) is 5.29. The van der Waals surface area contributed by atoms with Gasteiger partial charge in [-0.1, -0.05) is 13.0 Å². The van der Waals surface area contributed by atoms with Crippen LogP contribution in [0.4, 0.5) is 0 Å². The third-order valence-electron chi connectivity index (χ3n) is 4.05. The Morgan fingerprint density at radius 2 is 1.92 bits per heavy atom. The summed E-state index contributed by atoms with van der Waals surface area (Å²) in [7, 11) is -3.36. The standard InChI is InChI=1S/C18H25N3O3S/c1-12(11-21-15(4)8-14(3)20-21)10-19-18(22)16-7-6-13(2)17(9-16)25(5,23)24/h6-9,12H,10-11H2,1-5H3,(H,19,22)/t12-/m1/s1. The second-order valence-corrected chi connectivity index (χ2v) is 8.66. The lowest BCUT2D eigenvalue weighted by atomic mass is 10.1. The number of nitrogens with one attached hydrogen (secondary N) is 1. The van der Waals surface area contributed by atoms with Crippen LogP contribution < -0.4 is 5.32 Å². The first-order valence-electron chi connectivity index (χ1n) is 8.18. The second kappa shape index (κ2) is 7.39. The molecule has 1 aromatic carbocycles. The van der Waals surface area contributed by atoms with Gasteiger partial charge in [-0.05, 0) is 50.5 Å². The van der Waals surface area contributed by atoms with Crippen LogP contribution in [0.3, 0.4) is 0 Å². The number of hydrogen-bond acceptors (Lipinski definition) is 4. The van der Waals surface area contributed by atoms with Gasteiger partial charge in [0, 0.05) is 30.6 Å². The predicted octanol–water partition coefficient (Wildman–Crippen LogP) is 2.28. The van der Waals surface area contributed by atoms with Crippen molar-refractivity contribution >= 4 is 15.7 Å². The highest BCUT2D eigenvalue weighted by Gasteiger charge is 2.15. The van der Waals surface area contributed by atoms with Crippen molar-refractivity contribution in [3.05, 3.63) is 46.8 Å². The van der Waals surface area contributed by atoms with Gasteiger partial charge in [0.15, 0.2) is 9.84 Å². The Morgan fingerprint density at radius 3 is 2.48 bits per heavy atom. The van der Waals surface area contributed by atoms with E-state index in [2.05, 4.69) is 10.4 Å². The van der Waals surface area contributed by atoms with Gasteiger partial charge in [0.25, 0.3) is 5.91 Å². The van der Waals surface area contributed by atoms with Crippen LogP contribution in [0.15, 0.2) is 29.2 Å². The third kappa shape index (κ3) is 4.92. The zero-order valence-electron chi connectivity index (χ0n) is 15.3. The van der Waals surface area contributed by atoms with Gasteiger partial charge in [-0.15, -0.1) is 0 Å². The number of nitrogens with zero attached hydrogens (tertiary/aromatic N) is 2. The van der Waals surface area contributed by atoms with E-state index in [4.69, 9.17) is 0 Å². The van der Waals surface area contributed by atoms with Crippen LogP contribution in [0.5, 0.6) is 0 Å². The van der Waals surface area contributed by atoms with Crippen LogP contribution in [-0.4, -0.2) is 36.9 Å². The van der Waals surface area contributed by atoms with Crippen molar-refractivity contribution in [1.82, 2.24) is 15.1 Å². The summed E-state index contributed by atoms with van der Waals surface area (Å²) in [5.74, 6) is -0.0769. The van der Waals surface area contributed by atoms with Crippen LogP contribution in [0.25, 0.3) is 0 Å². The van der Waals surface area contributed by atoms with Gasteiger partial charge in [-0.25, -0.2) is 8.42 Å². The number of aryl methyl sites for hydroxylation is 3. The van der Waals surface area contributed by atoms with Gasteiger partial charge in [-0.2, -0.15) is 5.10 Å². The summed E-state index contributed by atoms with van der Waals surface area (Å²) in [6.45, 7) is 8.90. The Morgan fingerprint density at radius 1 is 1.24 bits per heavy atom. The zero-order valence-corrected chi connectivity index (χ0v) is 16.1. The van der Waals surface area contributed by atoms with Crippen LogP contribution in [0.2, 0.25) is 0 Å². The molecule has 0 aliphatic rings. The molecule has 0 bridgehead atoms. The number of aromatic nitrogens is 2. The minimum atomic E-state index is -3.36. The molecule has 0 radical (unpaired) electrons. The van der Waals surface area contributed by atoms with Crippen molar-refractivity contribution in [3.8, 4) is 0 Å². The minimum Gasteiger partial charge on any atom is -0.352 e. The van der Waals surface area contributed by atoms with Crippen LogP contribution in [0.1, 0.15) is 34.2 Å². The molecule has 0 saturated heterocycles. The molecule has 1 N–H and O–H groups in total. The number of carbonyl (C=O) groups is 1. The van der Waals surface area contributed by atoms with E-state index >= 15 is 0 Å². The Balaban J connectivity index is 2.01. The van der Waals surface area contributed by atoms with Crippen molar-refractivity contribution in [3.63, 3.8) is 0 Å². The summed E-state index contributed by atoms with van der Waals surface area (Å²) < 4.78 is 25.5. The van der Waals surface area contributed by atoms with Crippen molar-refractivity contribution in [1.29, 1.82) is 0 Å². The Bertz CT molecular complexity index is 885. The molecular formula is C18H25N3O3S. The summed E-state index contributed by atoms with van der Waals surface area (Å²) >= 11 is 0. The highest BCUT2D eigenvalue weighted by molar-refractivity contribution is 7.90. The summed E-state index contributed by atoms with van der Waals surface area (Å²) in [5.41, 5.74) is 3.05. The average Bonchev–Trinajstić information content (AvgIpc) is 2.81. The van der Waals surface area contributed by atoms with Gasteiger partial charge < -0.3 is 5.32 Å². The average molecular weight is 363 g/mol. The molecule has 136 valence electrons. The fourth-order valence-electron chi connectivity index (χ4n) is 2.73. The molecule has 0 aliphatic carbocycles. The molecule has 2 rings (SSSR count). The van der Waals surface area contributed by atoms with Crippen LogP contribution >= 0.6 is 0 Å². The predicted molar refractivity (Wildman–Crippen MR) is 97.5 cm³/mol. The van der Waals surface area contributed by atoms with E-state index in [-0.39, 0.29) is 16.7 Å². The molecule has 2 aromatic rings. The summed E-state index contributed by atoms with van der Waals surface area (Å²) in [6, 6.07) is 6.76. The summed E-state index contributed by atoms with van der Waals surface area (Å²) in [5, 5.41) is 7.29. The van der Waals surface area contributed by atoms with Gasteiger partial charge >= 0.3 is 0 Å². The number of benzene rings is 1. The lowest BCUT2D eigenvalue weighted by Crippen LogP contribution is -2.30. The highest BCUT2D eigenvalue weighted by Crippen LogP contribution is 2.17. The van der Waals surface area contributed by atoms with Crippen molar-refractivity contribution in [2.75, 3.05) is 12.8 Å². The Hall–Kier alpha value is -2.15. The smallest absolute Gasteiger partial charge is 0.251 e. The maximum Gasteiger partial charge on any atom is 0.251 e. The molecule has 0 saturated carbocycles. The number of rotatable bonds is 6. The maximum atomic E-state index is 12.3. The molecule has 6 nitrogen and oxygen atoms in total. The summed E-state index contributed by atoms with van der Waals surface area (Å²) in [4.78, 5) is 12.5. The van der Waals surface area contributed by atoms with Gasteiger partial charge in [0.05, 0.1) is 10.6 Å². The molecule has 1 atom stereocenters. The van der Waals surface area contributed by atoms with Crippen molar-refractivity contribution < 1.29 is 13.2 Å². The fourth-order valence-corrected chi connectivity index (χ4v) is 3.72. The van der Waals surface area contributed by atoms with Gasteiger partial charge in [-0.3, -0.25) is 9.48 Å². The van der Waals surface area contributed by atoms with E-state index < -0.39 is 9.84 Å². The highest BCUT2D eigenvalue weighted by atomic mass is 32.2. The topological polar surface area (TPSA) is 81.1 Å². The first-order chi connectivity index (χ1) is 11.6. The fraction of sp³-hybridized carbons (Fsp3) is 0.444. The van der Waals surface area contributed by atoms with Crippen LogP contribution in [-0.2, 0) is 16.4 Å². The maximum absolute atomic E-state index is 12.3. The van der Waals surface area contributed by atoms with Crippen LogP contribution in [0, 0.1) is 26.7 Å². The molecule has 0 spiro atoms. The largest absolute Gasteiger partial charge is 0.352 e. The molecule has 7 heteroatoms. The van der Waals surface area contributed by atoms with Crippen molar-refractivity contribution in [2.24, 2.45) is 5.92 Å². The lowest BCUT2D eigenvalue weighted by Gasteiger charge is -2.14. The molecule has 0 aliphatic heterocycles. The molecule has 1 heterocycles. The Labute approximate surface area is 149 Å². The second-order valence-electron chi connectivity index (χ2n) is 6.68. The number of amides is 1. The van der Waals surface area contributed by atoms with E-state index in [1.54, 1.807) is 19.1 Å². The molecule has 0 unspecified atom stereocenters. The lowest BCUT2D eigenvalue weighted by molar-refractivity contribution is 0.0946. The molecule has 1 amide bonds. The zero-order chi connectivity index (χ0) is 18.8. The molecule has 25 heavy (non-hydrogen) atoms. The molecule has 0 fully saturated rings. The first-order valence-corrected chi connectivity index (χ1v) is 10.1. The first kappa shape index (κ1) is 19.2. The van der Waals surface area contributed by atoms with E-state index in [0.717, 1.165) is 17.6 Å². The number of sulfone groups is 1. The monoisotopic (exact) mass is 363 g/mol.